The van der Waals surface area contributed by atoms with Gasteiger partial charge in [-0.1, -0.05) is 35.0 Å². The topological polar surface area (TPSA) is 63.0 Å². The van der Waals surface area contributed by atoms with E-state index in [1.165, 1.54) is 6.21 Å². The summed E-state index contributed by atoms with van der Waals surface area (Å²) in [7, 11) is 0. The van der Waals surface area contributed by atoms with Gasteiger partial charge in [-0.25, -0.2) is 5.43 Å². The zero-order chi connectivity index (χ0) is 15.8. The molecule has 0 saturated heterocycles. The molecule has 1 aromatic heterocycles. The standard InChI is InChI=1S/C15H14ClN3O2S/c1-11(14-3-2-8-22-14)19-21-10-15(20)18-17-9-12-4-6-13(16)7-5-12/h2-9H,10H2,1H3,(H,18,20)/b17-9-,19-11-. The molecule has 0 aliphatic carbocycles. The maximum Gasteiger partial charge on any atom is 0.280 e. The van der Waals surface area contributed by atoms with Gasteiger partial charge in [-0.3, -0.25) is 4.79 Å². The van der Waals surface area contributed by atoms with Crippen molar-refractivity contribution < 1.29 is 9.63 Å². The van der Waals surface area contributed by atoms with Gasteiger partial charge in [-0.05, 0) is 36.1 Å². The summed E-state index contributed by atoms with van der Waals surface area (Å²) in [4.78, 5) is 17.5. The molecule has 1 aromatic carbocycles. The van der Waals surface area contributed by atoms with Crippen molar-refractivity contribution in [3.8, 4) is 0 Å². The second-order valence-electron chi connectivity index (χ2n) is 4.27. The van der Waals surface area contributed by atoms with Crippen LogP contribution in [0.2, 0.25) is 5.02 Å². The molecule has 0 aliphatic heterocycles. The molecular formula is C15H14ClN3O2S. The van der Waals surface area contributed by atoms with Crippen molar-refractivity contribution in [3.05, 3.63) is 57.2 Å². The summed E-state index contributed by atoms with van der Waals surface area (Å²) in [6.07, 6.45) is 1.52. The van der Waals surface area contributed by atoms with Crippen molar-refractivity contribution in [3.63, 3.8) is 0 Å². The summed E-state index contributed by atoms with van der Waals surface area (Å²) in [6.45, 7) is 1.63. The minimum atomic E-state index is -0.382. The van der Waals surface area contributed by atoms with Crippen molar-refractivity contribution in [2.45, 2.75) is 6.92 Å². The van der Waals surface area contributed by atoms with Gasteiger partial charge in [-0.2, -0.15) is 5.10 Å². The summed E-state index contributed by atoms with van der Waals surface area (Å²) < 4.78 is 0. The van der Waals surface area contributed by atoms with Gasteiger partial charge < -0.3 is 4.84 Å². The van der Waals surface area contributed by atoms with Gasteiger partial charge in [-0.15, -0.1) is 11.3 Å². The van der Waals surface area contributed by atoms with Crippen molar-refractivity contribution in [1.82, 2.24) is 5.43 Å². The predicted molar refractivity (Wildman–Crippen MR) is 89.7 cm³/mol. The number of amides is 1. The third kappa shape index (κ3) is 5.31. The molecule has 0 saturated carbocycles. The second kappa shape index (κ2) is 8.31. The Morgan fingerprint density at radius 2 is 2.14 bits per heavy atom. The molecule has 2 aromatic rings. The summed E-state index contributed by atoms with van der Waals surface area (Å²) in [5.74, 6) is -0.382. The highest BCUT2D eigenvalue weighted by Gasteiger charge is 2.01. The van der Waals surface area contributed by atoms with Gasteiger partial charge in [0.15, 0.2) is 6.61 Å². The van der Waals surface area contributed by atoms with E-state index < -0.39 is 0 Å². The molecule has 22 heavy (non-hydrogen) atoms. The van der Waals surface area contributed by atoms with Crippen LogP contribution in [0.25, 0.3) is 0 Å². The highest BCUT2D eigenvalue weighted by molar-refractivity contribution is 7.12. The summed E-state index contributed by atoms with van der Waals surface area (Å²) in [5.41, 5.74) is 3.92. The predicted octanol–water partition coefficient (Wildman–Crippen LogP) is 3.29. The molecule has 1 amide bonds. The third-order valence-corrected chi connectivity index (χ3v) is 3.78. The zero-order valence-electron chi connectivity index (χ0n) is 11.8. The molecule has 0 aliphatic rings. The lowest BCUT2D eigenvalue weighted by molar-refractivity contribution is -0.125. The van der Waals surface area contributed by atoms with E-state index in [0.29, 0.717) is 5.02 Å². The van der Waals surface area contributed by atoms with E-state index in [-0.39, 0.29) is 12.5 Å². The van der Waals surface area contributed by atoms with Crippen LogP contribution in [-0.2, 0) is 9.63 Å². The number of hydrogen-bond donors (Lipinski definition) is 1. The Hall–Kier alpha value is -2.18. The van der Waals surface area contributed by atoms with E-state index >= 15 is 0 Å². The van der Waals surface area contributed by atoms with Gasteiger partial charge in [0, 0.05) is 5.02 Å². The number of hydrazone groups is 1. The van der Waals surface area contributed by atoms with Gasteiger partial charge in [0.2, 0.25) is 0 Å². The van der Waals surface area contributed by atoms with Crippen LogP contribution in [0.3, 0.4) is 0 Å². The highest BCUT2D eigenvalue weighted by atomic mass is 35.5. The van der Waals surface area contributed by atoms with Crippen LogP contribution in [0, 0.1) is 0 Å². The average molecular weight is 336 g/mol. The Kier molecular flexibility index (Phi) is 6.12. The molecular weight excluding hydrogens is 322 g/mol. The molecule has 0 unspecified atom stereocenters. The molecule has 7 heteroatoms. The van der Waals surface area contributed by atoms with E-state index in [4.69, 9.17) is 16.4 Å². The van der Waals surface area contributed by atoms with Crippen LogP contribution in [0.5, 0.6) is 0 Å². The lowest BCUT2D eigenvalue weighted by Crippen LogP contribution is -2.22. The minimum Gasteiger partial charge on any atom is -0.385 e. The number of rotatable bonds is 6. The Morgan fingerprint density at radius 1 is 1.36 bits per heavy atom. The lowest BCUT2D eigenvalue weighted by Gasteiger charge is -2.00. The second-order valence-corrected chi connectivity index (χ2v) is 5.66. The number of carbonyl (C=O) groups is 1. The third-order valence-electron chi connectivity index (χ3n) is 2.55. The SMILES string of the molecule is C/C(=N/OCC(=O)N/N=C\c1ccc(Cl)cc1)c1cccs1. The number of benzene rings is 1. The van der Waals surface area contributed by atoms with Gasteiger partial charge in [0.05, 0.1) is 16.8 Å². The van der Waals surface area contributed by atoms with Crippen molar-refractivity contribution in [1.29, 1.82) is 0 Å². The number of carbonyl (C=O) groups excluding carboxylic acids is 1. The van der Waals surface area contributed by atoms with Crippen LogP contribution >= 0.6 is 22.9 Å². The minimum absolute atomic E-state index is 0.194. The molecule has 0 atom stereocenters. The van der Waals surface area contributed by atoms with Crippen LogP contribution < -0.4 is 5.43 Å². The van der Waals surface area contributed by atoms with Crippen molar-refractivity contribution >= 4 is 40.8 Å². The maximum atomic E-state index is 11.5. The Bertz CT molecular complexity index is 667. The van der Waals surface area contributed by atoms with E-state index in [1.807, 2.05) is 24.4 Å². The number of halogens is 1. The molecule has 2 rings (SSSR count). The first-order valence-electron chi connectivity index (χ1n) is 6.43. The molecule has 1 N–H and O–H groups in total. The van der Waals surface area contributed by atoms with Crippen molar-refractivity contribution in [2.24, 2.45) is 10.3 Å². The molecule has 0 bridgehead atoms. The number of nitrogens with zero attached hydrogens (tertiary/aromatic N) is 2. The van der Waals surface area contributed by atoms with Crippen molar-refractivity contribution in [2.75, 3.05) is 6.61 Å². The van der Waals surface area contributed by atoms with E-state index in [9.17, 15) is 4.79 Å². The molecule has 114 valence electrons. The fraction of sp³-hybridized carbons (Fsp3) is 0.133. The first-order chi connectivity index (χ1) is 10.6. The number of oxime groups is 1. The quantitative estimate of drug-likeness (QED) is 0.650. The largest absolute Gasteiger partial charge is 0.385 e. The summed E-state index contributed by atoms with van der Waals surface area (Å²) in [5, 5.41) is 10.3. The smallest absolute Gasteiger partial charge is 0.280 e. The molecule has 1 heterocycles. The summed E-state index contributed by atoms with van der Waals surface area (Å²) >= 11 is 7.33. The van der Waals surface area contributed by atoms with Crippen LogP contribution in [-0.4, -0.2) is 24.4 Å². The summed E-state index contributed by atoms with van der Waals surface area (Å²) in [6, 6.07) is 10.9. The number of thiophene rings is 1. The molecule has 0 spiro atoms. The van der Waals surface area contributed by atoms with Crippen LogP contribution in [0.1, 0.15) is 17.4 Å². The maximum absolute atomic E-state index is 11.5. The fourth-order valence-electron chi connectivity index (χ4n) is 1.48. The first-order valence-corrected chi connectivity index (χ1v) is 7.69. The first kappa shape index (κ1) is 16.2. The lowest BCUT2D eigenvalue weighted by atomic mass is 10.2. The van der Waals surface area contributed by atoms with Crippen LogP contribution in [0.15, 0.2) is 52.0 Å². The Balaban J connectivity index is 1.74. The Morgan fingerprint density at radius 3 is 2.82 bits per heavy atom. The molecule has 0 fully saturated rings. The normalized spacial score (nSPS) is 11.6. The van der Waals surface area contributed by atoms with E-state index in [1.54, 1.807) is 35.6 Å². The van der Waals surface area contributed by atoms with E-state index in [2.05, 4.69) is 15.7 Å². The number of nitrogens with one attached hydrogen (secondary N) is 1. The zero-order valence-corrected chi connectivity index (χ0v) is 13.4. The van der Waals surface area contributed by atoms with Gasteiger partial charge in [0.25, 0.3) is 5.91 Å². The average Bonchev–Trinajstić information content (AvgIpc) is 3.03. The Labute approximate surface area is 137 Å². The van der Waals surface area contributed by atoms with E-state index in [0.717, 1.165) is 16.2 Å². The van der Waals surface area contributed by atoms with Crippen LogP contribution in [0.4, 0.5) is 0 Å². The van der Waals surface area contributed by atoms with Gasteiger partial charge in [0.1, 0.15) is 0 Å². The van der Waals surface area contributed by atoms with Gasteiger partial charge >= 0.3 is 0 Å². The number of hydrogen-bond acceptors (Lipinski definition) is 5. The molecule has 5 nitrogen and oxygen atoms in total. The fourth-order valence-corrected chi connectivity index (χ4v) is 2.27. The molecule has 0 radical (unpaired) electrons. The monoisotopic (exact) mass is 335 g/mol. The highest BCUT2D eigenvalue weighted by Crippen LogP contribution is 2.10.